The standard InChI is InChI=1S/C9H17NO.2C2H6/c1-3-8-5-6-10(7-8)9(11)4-2;2*1-2/h8H,3-7H2,1-2H3;2*1-2H3. The monoisotopic (exact) mass is 215 g/mol. The van der Waals surface area contributed by atoms with E-state index in [4.69, 9.17) is 0 Å². The molecule has 0 radical (unpaired) electrons. The van der Waals surface area contributed by atoms with Crippen LogP contribution in [-0.4, -0.2) is 23.9 Å². The van der Waals surface area contributed by atoms with Gasteiger partial charge in [-0.1, -0.05) is 48.0 Å². The van der Waals surface area contributed by atoms with Gasteiger partial charge >= 0.3 is 0 Å². The van der Waals surface area contributed by atoms with Gasteiger partial charge in [0, 0.05) is 19.5 Å². The second-order valence-corrected chi connectivity index (χ2v) is 3.26. The molecule has 1 unspecified atom stereocenters. The lowest BCUT2D eigenvalue weighted by Crippen LogP contribution is -2.27. The van der Waals surface area contributed by atoms with E-state index in [1.807, 2.05) is 39.5 Å². The van der Waals surface area contributed by atoms with E-state index in [-0.39, 0.29) is 0 Å². The third-order valence-corrected chi connectivity index (χ3v) is 2.52. The first-order valence-electron chi connectivity index (χ1n) is 6.55. The molecule has 1 saturated heterocycles. The van der Waals surface area contributed by atoms with Crippen LogP contribution in [0.5, 0.6) is 0 Å². The minimum absolute atomic E-state index is 0.320. The van der Waals surface area contributed by atoms with Crippen molar-refractivity contribution < 1.29 is 4.79 Å². The van der Waals surface area contributed by atoms with Crippen LogP contribution in [0.3, 0.4) is 0 Å². The third-order valence-electron chi connectivity index (χ3n) is 2.52. The zero-order chi connectivity index (χ0) is 12.3. The highest BCUT2D eigenvalue weighted by Crippen LogP contribution is 2.19. The molecule has 1 aliphatic rings. The molecule has 2 nitrogen and oxygen atoms in total. The maximum absolute atomic E-state index is 11.2. The number of carbonyl (C=O) groups is 1. The van der Waals surface area contributed by atoms with Crippen molar-refractivity contribution in [2.75, 3.05) is 13.1 Å². The van der Waals surface area contributed by atoms with Crippen LogP contribution in [0.25, 0.3) is 0 Å². The van der Waals surface area contributed by atoms with Gasteiger partial charge in [0.2, 0.25) is 5.91 Å². The molecule has 0 bridgehead atoms. The summed E-state index contributed by atoms with van der Waals surface area (Å²) >= 11 is 0. The smallest absolute Gasteiger partial charge is 0.222 e. The topological polar surface area (TPSA) is 20.3 Å². The normalized spacial score (nSPS) is 18.5. The summed E-state index contributed by atoms with van der Waals surface area (Å²) in [5, 5.41) is 0. The number of hydrogen-bond donors (Lipinski definition) is 0. The van der Waals surface area contributed by atoms with Crippen LogP contribution in [0.2, 0.25) is 0 Å². The van der Waals surface area contributed by atoms with Crippen molar-refractivity contribution >= 4 is 5.91 Å². The van der Waals surface area contributed by atoms with Crippen molar-refractivity contribution in [2.45, 2.75) is 60.8 Å². The van der Waals surface area contributed by atoms with E-state index in [1.165, 1.54) is 12.8 Å². The molecule has 1 heterocycles. The van der Waals surface area contributed by atoms with Gasteiger partial charge in [0.05, 0.1) is 0 Å². The van der Waals surface area contributed by atoms with Crippen LogP contribution >= 0.6 is 0 Å². The van der Waals surface area contributed by atoms with E-state index in [0.717, 1.165) is 19.0 Å². The van der Waals surface area contributed by atoms with Crippen LogP contribution in [0.1, 0.15) is 60.8 Å². The van der Waals surface area contributed by atoms with Crippen LogP contribution in [0.4, 0.5) is 0 Å². The molecule has 1 amide bonds. The summed E-state index contributed by atoms with van der Waals surface area (Å²) in [6.07, 6.45) is 3.09. The quantitative estimate of drug-likeness (QED) is 0.687. The van der Waals surface area contributed by atoms with Crippen molar-refractivity contribution in [3.8, 4) is 0 Å². The van der Waals surface area contributed by atoms with E-state index >= 15 is 0 Å². The maximum atomic E-state index is 11.2. The lowest BCUT2D eigenvalue weighted by molar-refractivity contribution is -0.129. The Labute approximate surface area is 96.0 Å². The highest BCUT2D eigenvalue weighted by atomic mass is 16.2. The second-order valence-electron chi connectivity index (χ2n) is 3.26. The molecular formula is C13H29NO. The zero-order valence-electron chi connectivity index (χ0n) is 11.5. The number of rotatable bonds is 2. The predicted molar refractivity (Wildman–Crippen MR) is 68.0 cm³/mol. The molecule has 0 aromatic rings. The van der Waals surface area contributed by atoms with E-state index < -0.39 is 0 Å². The molecule has 0 N–H and O–H groups in total. The Balaban J connectivity index is 0. The lowest BCUT2D eigenvalue weighted by atomic mass is 10.1. The minimum Gasteiger partial charge on any atom is -0.342 e. The molecule has 1 rings (SSSR count). The minimum atomic E-state index is 0.320. The second kappa shape index (κ2) is 11.5. The van der Waals surface area contributed by atoms with Gasteiger partial charge in [0.25, 0.3) is 0 Å². The van der Waals surface area contributed by atoms with Gasteiger partial charge in [-0.2, -0.15) is 0 Å². The molecule has 1 fully saturated rings. The number of nitrogens with zero attached hydrogens (tertiary/aromatic N) is 1. The molecule has 2 heteroatoms. The lowest BCUT2D eigenvalue weighted by Gasteiger charge is -2.14. The average Bonchev–Trinajstić information content (AvgIpc) is 2.82. The number of hydrogen-bond acceptors (Lipinski definition) is 1. The van der Waals surface area contributed by atoms with Crippen LogP contribution < -0.4 is 0 Å². The van der Waals surface area contributed by atoms with Crippen LogP contribution in [-0.2, 0) is 4.79 Å². The van der Waals surface area contributed by atoms with E-state index in [1.54, 1.807) is 0 Å². The van der Waals surface area contributed by atoms with Gasteiger partial charge < -0.3 is 4.90 Å². The molecule has 15 heavy (non-hydrogen) atoms. The fourth-order valence-corrected chi connectivity index (χ4v) is 1.62. The largest absolute Gasteiger partial charge is 0.342 e. The molecule has 0 aromatic carbocycles. The van der Waals surface area contributed by atoms with Crippen molar-refractivity contribution in [2.24, 2.45) is 5.92 Å². The van der Waals surface area contributed by atoms with Gasteiger partial charge in [-0.15, -0.1) is 0 Å². The molecular weight excluding hydrogens is 186 g/mol. The molecule has 0 aromatic heterocycles. The average molecular weight is 215 g/mol. The molecule has 1 atom stereocenters. The van der Waals surface area contributed by atoms with Crippen LogP contribution in [0, 0.1) is 5.92 Å². The van der Waals surface area contributed by atoms with Crippen molar-refractivity contribution in [3.05, 3.63) is 0 Å². The van der Waals surface area contributed by atoms with E-state index in [9.17, 15) is 4.79 Å². The zero-order valence-corrected chi connectivity index (χ0v) is 11.5. The summed E-state index contributed by atoms with van der Waals surface area (Å²) in [4.78, 5) is 13.2. The Bertz CT molecular complexity index is 145. The summed E-state index contributed by atoms with van der Waals surface area (Å²) in [5.74, 6) is 1.09. The van der Waals surface area contributed by atoms with Gasteiger partial charge in [-0.05, 0) is 12.3 Å². The van der Waals surface area contributed by atoms with Crippen molar-refractivity contribution in [1.29, 1.82) is 0 Å². The molecule has 1 aliphatic heterocycles. The summed E-state index contributed by atoms with van der Waals surface area (Å²) in [7, 11) is 0. The first-order valence-corrected chi connectivity index (χ1v) is 6.55. The van der Waals surface area contributed by atoms with E-state index in [2.05, 4.69) is 6.92 Å². The number of likely N-dealkylation sites (tertiary alicyclic amines) is 1. The first kappa shape index (κ1) is 16.9. The Morgan fingerprint density at radius 1 is 1.20 bits per heavy atom. The van der Waals surface area contributed by atoms with Gasteiger partial charge in [-0.3, -0.25) is 4.79 Å². The Kier molecular flexibility index (Phi) is 13.0. The molecule has 0 spiro atoms. The predicted octanol–water partition coefficient (Wildman–Crippen LogP) is 3.71. The number of amides is 1. The maximum Gasteiger partial charge on any atom is 0.222 e. The van der Waals surface area contributed by atoms with Gasteiger partial charge in [0.1, 0.15) is 0 Å². The SMILES string of the molecule is CC.CC.CCC(=O)N1CCC(CC)C1. The fourth-order valence-electron chi connectivity index (χ4n) is 1.62. The van der Waals surface area contributed by atoms with Crippen molar-refractivity contribution in [3.63, 3.8) is 0 Å². The Morgan fingerprint density at radius 2 is 1.73 bits per heavy atom. The summed E-state index contributed by atoms with van der Waals surface area (Å²) in [6.45, 7) is 14.1. The van der Waals surface area contributed by atoms with Gasteiger partial charge in [0.15, 0.2) is 0 Å². The van der Waals surface area contributed by atoms with Gasteiger partial charge in [-0.25, -0.2) is 0 Å². The first-order chi connectivity index (χ1) is 7.27. The van der Waals surface area contributed by atoms with Crippen molar-refractivity contribution in [1.82, 2.24) is 4.90 Å². The van der Waals surface area contributed by atoms with Crippen LogP contribution in [0.15, 0.2) is 0 Å². The van der Waals surface area contributed by atoms with E-state index in [0.29, 0.717) is 12.3 Å². The summed E-state index contributed by atoms with van der Waals surface area (Å²) in [5.41, 5.74) is 0. The Hall–Kier alpha value is -0.530. The summed E-state index contributed by atoms with van der Waals surface area (Å²) in [6, 6.07) is 0. The molecule has 92 valence electrons. The number of carbonyl (C=O) groups excluding carboxylic acids is 1. The highest BCUT2D eigenvalue weighted by Gasteiger charge is 2.23. The fraction of sp³-hybridized carbons (Fsp3) is 0.923. The molecule has 0 saturated carbocycles. The summed E-state index contributed by atoms with van der Waals surface area (Å²) < 4.78 is 0. The Morgan fingerprint density at radius 3 is 2.07 bits per heavy atom. The molecule has 0 aliphatic carbocycles. The highest BCUT2D eigenvalue weighted by molar-refractivity contribution is 5.76. The third kappa shape index (κ3) is 6.53.